The summed E-state index contributed by atoms with van der Waals surface area (Å²) in [5, 5.41) is 6.54. The second-order valence-electron chi connectivity index (χ2n) is 7.36. The number of rotatable bonds is 10. The van der Waals surface area contributed by atoms with Crippen molar-refractivity contribution in [3.8, 4) is 11.6 Å². The molecule has 1 aliphatic rings. The summed E-state index contributed by atoms with van der Waals surface area (Å²) in [5.74, 6) is 1.79. The molecule has 2 heterocycles. The molecule has 1 aromatic heterocycles. The zero-order valence-corrected chi connectivity index (χ0v) is 20.7. The van der Waals surface area contributed by atoms with E-state index in [1.165, 1.54) is 12.1 Å². The highest BCUT2D eigenvalue weighted by molar-refractivity contribution is 14.0. The average molecular weight is 558 g/mol. The molecule has 2 aromatic rings. The molecular formula is C23H32FIN4O3. The van der Waals surface area contributed by atoms with Crippen LogP contribution in [0.1, 0.15) is 24.8 Å². The van der Waals surface area contributed by atoms with Gasteiger partial charge < -0.3 is 24.8 Å². The maximum Gasteiger partial charge on any atom is 0.224 e. The highest BCUT2D eigenvalue weighted by Gasteiger charge is 2.13. The van der Waals surface area contributed by atoms with Gasteiger partial charge in [0.25, 0.3) is 0 Å². The van der Waals surface area contributed by atoms with Gasteiger partial charge in [0.05, 0.1) is 0 Å². The molecule has 0 radical (unpaired) electrons. The highest BCUT2D eigenvalue weighted by atomic mass is 127. The Labute approximate surface area is 206 Å². The van der Waals surface area contributed by atoms with Crippen LogP contribution in [-0.2, 0) is 16.0 Å². The Hall–Kier alpha value is -1.98. The van der Waals surface area contributed by atoms with Crippen molar-refractivity contribution in [3.05, 3.63) is 54.0 Å². The standard InChI is InChI=1S/C23H31FN4O3.HI/c1-25-23(27-11-4-12-30-17-18-8-13-29-14-9-18)28-16-19-5-3-10-26-22(19)31-21-7-2-6-20(24)15-21;/h2-3,5-7,10,15,18H,4,8-9,11-14,16-17H2,1H3,(H2,25,27,28);1H. The first kappa shape index (κ1) is 26.3. The molecule has 0 unspecified atom stereocenters. The summed E-state index contributed by atoms with van der Waals surface area (Å²) in [4.78, 5) is 8.52. The summed E-state index contributed by atoms with van der Waals surface area (Å²) in [7, 11) is 1.73. The number of guanidine groups is 1. The molecule has 9 heteroatoms. The van der Waals surface area contributed by atoms with E-state index < -0.39 is 0 Å². The summed E-state index contributed by atoms with van der Waals surface area (Å²) in [6.07, 6.45) is 4.72. The largest absolute Gasteiger partial charge is 0.439 e. The van der Waals surface area contributed by atoms with Crippen molar-refractivity contribution in [2.75, 3.05) is 40.0 Å². The fourth-order valence-electron chi connectivity index (χ4n) is 3.24. The fraction of sp³-hybridized carbons (Fsp3) is 0.478. The quantitative estimate of drug-likeness (QED) is 0.198. The van der Waals surface area contributed by atoms with Crippen molar-refractivity contribution in [1.82, 2.24) is 15.6 Å². The Bertz CT molecular complexity index is 834. The third-order valence-corrected chi connectivity index (χ3v) is 4.98. The molecule has 3 rings (SSSR count). The first-order valence-corrected chi connectivity index (χ1v) is 10.7. The van der Waals surface area contributed by atoms with Crippen LogP contribution in [0.25, 0.3) is 0 Å². The highest BCUT2D eigenvalue weighted by Crippen LogP contribution is 2.23. The Balaban J connectivity index is 0.00000363. The Morgan fingerprint density at radius 2 is 2.06 bits per heavy atom. The minimum atomic E-state index is -0.352. The van der Waals surface area contributed by atoms with Crippen LogP contribution in [0.2, 0.25) is 0 Å². The van der Waals surface area contributed by atoms with Gasteiger partial charge in [-0.15, -0.1) is 24.0 Å². The Morgan fingerprint density at radius 1 is 1.22 bits per heavy atom. The van der Waals surface area contributed by atoms with Crippen molar-refractivity contribution >= 4 is 29.9 Å². The van der Waals surface area contributed by atoms with Crippen LogP contribution in [0.3, 0.4) is 0 Å². The molecule has 1 fully saturated rings. The molecule has 1 saturated heterocycles. The number of ether oxygens (including phenoxy) is 3. The van der Waals surface area contributed by atoms with E-state index in [0.29, 0.717) is 30.1 Å². The smallest absolute Gasteiger partial charge is 0.224 e. The molecule has 1 aromatic carbocycles. The third kappa shape index (κ3) is 9.25. The lowest BCUT2D eigenvalue weighted by molar-refractivity contribution is 0.0203. The van der Waals surface area contributed by atoms with Gasteiger partial charge in [-0.2, -0.15) is 0 Å². The van der Waals surface area contributed by atoms with Crippen LogP contribution in [0.5, 0.6) is 11.6 Å². The van der Waals surface area contributed by atoms with E-state index in [-0.39, 0.29) is 29.8 Å². The monoisotopic (exact) mass is 558 g/mol. The van der Waals surface area contributed by atoms with Crippen LogP contribution >= 0.6 is 24.0 Å². The molecule has 2 N–H and O–H groups in total. The number of aromatic nitrogens is 1. The van der Waals surface area contributed by atoms with Crippen molar-refractivity contribution < 1.29 is 18.6 Å². The van der Waals surface area contributed by atoms with E-state index in [4.69, 9.17) is 14.2 Å². The van der Waals surface area contributed by atoms with E-state index in [1.54, 1.807) is 25.4 Å². The van der Waals surface area contributed by atoms with Crippen molar-refractivity contribution in [2.45, 2.75) is 25.8 Å². The van der Waals surface area contributed by atoms with E-state index in [2.05, 4.69) is 20.6 Å². The molecule has 0 bridgehead atoms. The van der Waals surface area contributed by atoms with Gasteiger partial charge in [0.15, 0.2) is 5.96 Å². The minimum absolute atomic E-state index is 0. The number of pyridine rings is 1. The Morgan fingerprint density at radius 3 is 2.84 bits per heavy atom. The van der Waals surface area contributed by atoms with Gasteiger partial charge in [-0.1, -0.05) is 12.1 Å². The van der Waals surface area contributed by atoms with Gasteiger partial charge in [-0.05, 0) is 43.4 Å². The second kappa shape index (κ2) is 15.0. The van der Waals surface area contributed by atoms with E-state index in [9.17, 15) is 4.39 Å². The minimum Gasteiger partial charge on any atom is -0.439 e. The molecule has 0 amide bonds. The van der Waals surface area contributed by atoms with Crippen LogP contribution in [0.15, 0.2) is 47.6 Å². The molecule has 0 aliphatic carbocycles. The summed E-state index contributed by atoms with van der Waals surface area (Å²) >= 11 is 0. The maximum atomic E-state index is 13.4. The number of hydrogen-bond donors (Lipinski definition) is 2. The predicted octanol–water partition coefficient (Wildman–Crippen LogP) is 4.13. The topological polar surface area (TPSA) is 77.0 Å². The number of aliphatic imine (C=N–C) groups is 1. The number of halogens is 2. The van der Waals surface area contributed by atoms with Gasteiger partial charge in [-0.25, -0.2) is 9.37 Å². The second-order valence-corrected chi connectivity index (χ2v) is 7.36. The van der Waals surface area contributed by atoms with Gasteiger partial charge in [-0.3, -0.25) is 4.99 Å². The maximum absolute atomic E-state index is 13.4. The lowest BCUT2D eigenvalue weighted by Gasteiger charge is -2.21. The predicted molar refractivity (Wildman–Crippen MR) is 133 cm³/mol. The van der Waals surface area contributed by atoms with E-state index >= 15 is 0 Å². The first-order valence-electron chi connectivity index (χ1n) is 10.7. The number of benzene rings is 1. The zero-order valence-electron chi connectivity index (χ0n) is 18.4. The Kier molecular flexibility index (Phi) is 12.3. The third-order valence-electron chi connectivity index (χ3n) is 4.98. The van der Waals surface area contributed by atoms with Gasteiger partial charge in [0.2, 0.25) is 5.88 Å². The van der Waals surface area contributed by atoms with Gasteiger partial charge in [0, 0.05) is 64.4 Å². The lowest BCUT2D eigenvalue weighted by Crippen LogP contribution is -2.37. The molecule has 0 saturated carbocycles. The van der Waals surface area contributed by atoms with Crippen molar-refractivity contribution in [3.63, 3.8) is 0 Å². The van der Waals surface area contributed by atoms with E-state index in [0.717, 1.165) is 57.8 Å². The SMILES string of the molecule is CN=C(NCCCOCC1CCOCC1)NCc1cccnc1Oc1cccc(F)c1.I. The molecule has 7 nitrogen and oxygen atoms in total. The van der Waals surface area contributed by atoms with Crippen LogP contribution in [-0.4, -0.2) is 51.0 Å². The molecular weight excluding hydrogens is 526 g/mol. The van der Waals surface area contributed by atoms with Gasteiger partial charge >= 0.3 is 0 Å². The summed E-state index contributed by atoms with van der Waals surface area (Å²) < 4.78 is 30.3. The number of hydrogen-bond acceptors (Lipinski definition) is 5. The average Bonchev–Trinajstić information content (AvgIpc) is 2.80. The van der Waals surface area contributed by atoms with Crippen LogP contribution < -0.4 is 15.4 Å². The molecule has 176 valence electrons. The first-order chi connectivity index (χ1) is 15.2. The molecule has 0 atom stereocenters. The summed E-state index contributed by atoms with van der Waals surface area (Å²) in [6, 6.07) is 9.74. The van der Waals surface area contributed by atoms with Gasteiger partial charge in [0.1, 0.15) is 11.6 Å². The number of nitrogens with one attached hydrogen (secondary N) is 2. The molecule has 0 spiro atoms. The lowest BCUT2D eigenvalue weighted by atomic mass is 10.0. The van der Waals surface area contributed by atoms with Crippen molar-refractivity contribution in [1.29, 1.82) is 0 Å². The van der Waals surface area contributed by atoms with E-state index in [1.807, 2.05) is 12.1 Å². The zero-order chi connectivity index (χ0) is 21.7. The fourth-order valence-corrected chi connectivity index (χ4v) is 3.24. The molecule has 1 aliphatic heterocycles. The van der Waals surface area contributed by atoms with Crippen LogP contribution in [0, 0.1) is 11.7 Å². The summed E-state index contributed by atoms with van der Waals surface area (Å²) in [6.45, 7) is 4.46. The molecule has 32 heavy (non-hydrogen) atoms. The number of nitrogens with zero attached hydrogens (tertiary/aromatic N) is 2. The summed E-state index contributed by atoms with van der Waals surface area (Å²) in [5.41, 5.74) is 0.842. The normalized spacial score (nSPS) is 14.5. The van der Waals surface area contributed by atoms with Crippen LogP contribution in [0.4, 0.5) is 4.39 Å². The van der Waals surface area contributed by atoms with Crippen molar-refractivity contribution in [2.24, 2.45) is 10.9 Å².